The SMILES string of the molecule is CC(C)N(CC1(N)CC1(F)F)C(=O)OC(C)(C)C. The van der Waals surface area contributed by atoms with E-state index in [1.54, 1.807) is 34.6 Å². The highest BCUT2D eigenvalue weighted by atomic mass is 19.3. The van der Waals surface area contributed by atoms with Crippen molar-refractivity contribution in [2.45, 2.75) is 64.1 Å². The Kier molecular flexibility index (Phi) is 3.64. The van der Waals surface area contributed by atoms with Crippen LogP contribution in [0.4, 0.5) is 13.6 Å². The molecule has 0 bridgehead atoms. The van der Waals surface area contributed by atoms with Crippen LogP contribution in [-0.2, 0) is 4.74 Å². The number of carbonyl (C=O) groups is 1. The van der Waals surface area contributed by atoms with Crippen molar-refractivity contribution in [3.63, 3.8) is 0 Å². The monoisotopic (exact) mass is 264 g/mol. The third-order valence-corrected chi connectivity index (χ3v) is 2.84. The molecule has 0 aliphatic heterocycles. The van der Waals surface area contributed by atoms with E-state index >= 15 is 0 Å². The van der Waals surface area contributed by atoms with E-state index in [-0.39, 0.29) is 19.0 Å². The van der Waals surface area contributed by atoms with Crippen LogP contribution in [0.15, 0.2) is 0 Å². The molecule has 1 saturated carbocycles. The van der Waals surface area contributed by atoms with Crippen molar-refractivity contribution < 1.29 is 18.3 Å². The van der Waals surface area contributed by atoms with Crippen molar-refractivity contribution in [2.24, 2.45) is 5.73 Å². The van der Waals surface area contributed by atoms with Crippen LogP contribution >= 0.6 is 0 Å². The molecule has 6 heteroatoms. The summed E-state index contributed by atoms with van der Waals surface area (Å²) < 4.78 is 31.4. The maximum absolute atomic E-state index is 13.1. The molecule has 1 unspecified atom stereocenters. The maximum Gasteiger partial charge on any atom is 0.410 e. The van der Waals surface area contributed by atoms with Crippen molar-refractivity contribution in [2.75, 3.05) is 6.54 Å². The van der Waals surface area contributed by atoms with Crippen LogP contribution in [0, 0.1) is 0 Å². The summed E-state index contributed by atoms with van der Waals surface area (Å²) in [4.78, 5) is 13.2. The van der Waals surface area contributed by atoms with Gasteiger partial charge in [-0.05, 0) is 34.6 Å². The minimum atomic E-state index is -2.89. The molecule has 18 heavy (non-hydrogen) atoms. The van der Waals surface area contributed by atoms with Crippen LogP contribution in [0.5, 0.6) is 0 Å². The number of halogens is 2. The summed E-state index contributed by atoms with van der Waals surface area (Å²) in [7, 11) is 0. The zero-order chi connectivity index (χ0) is 14.4. The molecule has 106 valence electrons. The number of hydrogen-bond donors (Lipinski definition) is 1. The second kappa shape index (κ2) is 4.33. The first-order valence-corrected chi connectivity index (χ1v) is 6.04. The van der Waals surface area contributed by atoms with Crippen molar-refractivity contribution in [3.05, 3.63) is 0 Å². The van der Waals surface area contributed by atoms with Gasteiger partial charge in [-0.2, -0.15) is 0 Å². The van der Waals surface area contributed by atoms with E-state index in [2.05, 4.69) is 0 Å². The maximum atomic E-state index is 13.1. The Hall–Kier alpha value is -0.910. The summed E-state index contributed by atoms with van der Waals surface area (Å²) in [5, 5.41) is 0. The molecule has 1 rings (SSSR count). The molecule has 2 N–H and O–H groups in total. The van der Waals surface area contributed by atoms with Gasteiger partial charge >= 0.3 is 6.09 Å². The third kappa shape index (κ3) is 3.31. The lowest BCUT2D eigenvalue weighted by molar-refractivity contribution is 0.0113. The summed E-state index contributed by atoms with van der Waals surface area (Å²) >= 11 is 0. The van der Waals surface area contributed by atoms with Crippen molar-refractivity contribution in [1.29, 1.82) is 0 Å². The molecule has 0 aromatic rings. The molecule has 0 aromatic heterocycles. The van der Waals surface area contributed by atoms with Gasteiger partial charge in [-0.15, -0.1) is 0 Å². The molecular formula is C12H22F2N2O2. The van der Waals surface area contributed by atoms with E-state index in [9.17, 15) is 13.6 Å². The van der Waals surface area contributed by atoms with Crippen molar-refractivity contribution in [1.82, 2.24) is 4.90 Å². The summed E-state index contributed by atoms with van der Waals surface area (Å²) in [5.74, 6) is -2.89. The topological polar surface area (TPSA) is 55.6 Å². The third-order valence-electron chi connectivity index (χ3n) is 2.84. The van der Waals surface area contributed by atoms with Crippen LogP contribution < -0.4 is 5.73 Å². The van der Waals surface area contributed by atoms with E-state index in [1.165, 1.54) is 4.90 Å². The van der Waals surface area contributed by atoms with Gasteiger partial charge in [0.25, 0.3) is 5.92 Å². The number of nitrogens with zero attached hydrogens (tertiary/aromatic N) is 1. The predicted molar refractivity (Wildman–Crippen MR) is 64.6 cm³/mol. The lowest BCUT2D eigenvalue weighted by Gasteiger charge is -2.32. The van der Waals surface area contributed by atoms with E-state index in [4.69, 9.17) is 10.5 Å². The molecule has 1 aliphatic rings. The molecule has 0 heterocycles. The van der Waals surface area contributed by atoms with Crippen molar-refractivity contribution >= 4 is 6.09 Å². The van der Waals surface area contributed by atoms with Crippen LogP contribution in [-0.4, -0.2) is 40.6 Å². The van der Waals surface area contributed by atoms with E-state index in [0.717, 1.165) is 0 Å². The smallest absolute Gasteiger partial charge is 0.410 e. The number of carbonyl (C=O) groups excluding carboxylic acids is 1. The molecule has 1 fully saturated rings. The van der Waals surface area contributed by atoms with Crippen LogP contribution in [0.2, 0.25) is 0 Å². The number of alkyl halides is 2. The Labute approximate surface area is 106 Å². The van der Waals surface area contributed by atoms with Gasteiger partial charge in [0, 0.05) is 19.0 Å². The van der Waals surface area contributed by atoms with Gasteiger partial charge in [0.1, 0.15) is 11.1 Å². The number of ether oxygens (including phenoxy) is 1. The lowest BCUT2D eigenvalue weighted by atomic mass is 10.2. The zero-order valence-corrected chi connectivity index (χ0v) is 11.6. The van der Waals surface area contributed by atoms with E-state index < -0.39 is 23.2 Å². The van der Waals surface area contributed by atoms with Gasteiger partial charge in [-0.1, -0.05) is 0 Å². The highest BCUT2D eigenvalue weighted by Crippen LogP contribution is 2.51. The quantitative estimate of drug-likeness (QED) is 0.851. The average Bonchev–Trinajstić information content (AvgIpc) is 2.58. The molecule has 0 saturated heterocycles. The molecule has 1 aliphatic carbocycles. The number of hydrogen-bond acceptors (Lipinski definition) is 3. The average molecular weight is 264 g/mol. The Balaban J connectivity index is 2.70. The Morgan fingerprint density at radius 1 is 1.44 bits per heavy atom. The lowest BCUT2D eigenvalue weighted by Crippen LogP contribution is -2.50. The molecular weight excluding hydrogens is 242 g/mol. The molecule has 1 amide bonds. The van der Waals surface area contributed by atoms with E-state index in [0.29, 0.717) is 0 Å². The highest BCUT2D eigenvalue weighted by Gasteiger charge is 2.69. The summed E-state index contributed by atoms with van der Waals surface area (Å²) in [5.41, 5.74) is 3.31. The van der Waals surface area contributed by atoms with Crippen LogP contribution in [0.1, 0.15) is 41.0 Å². The summed E-state index contributed by atoms with van der Waals surface area (Å²) in [6, 6.07) is -0.239. The Bertz CT molecular complexity index is 339. The van der Waals surface area contributed by atoms with Gasteiger partial charge in [0.2, 0.25) is 0 Å². The number of nitrogens with two attached hydrogens (primary N) is 1. The fraction of sp³-hybridized carbons (Fsp3) is 0.917. The van der Waals surface area contributed by atoms with Gasteiger partial charge in [0.05, 0.1) is 0 Å². The van der Waals surface area contributed by atoms with Crippen LogP contribution in [0.3, 0.4) is 0 Å². The molecule has 0 aromatic carbocycles. The second-order valence-corrected chi connectivity index (χ2v) is 6.24. The Morgan fingerprint density at radius 3 is 2.17 bits per heavy atom. The molecule has 0 spiro atoms. The van der Waals surface area contributed by atoms with Gasteiger partial charge in [0.15, 0.2) is 0 Å². The largest absolute Gasteiger partial charge is 0.444 e. The first-order chi connectivity index (χ1) is 7.88. The van der Waals surface area contributed by atoms with Gasteiger partial charge < -0.3 is 15.4 Å². The first kappa shape index (κ1) is 15.1. The van der Waals surface area contributed by atoms with E-state index in [1.807, 2.05) is 0 Å². The molecule has 0 radical (unpaired) electrons. The minimum absolute atomic E-state index is 0.188. The zero-order valence-electron chi connectivity index (χ0n) is 11.6. The number of rotatable bonds is 3. The minimum Gasteiger partial charge on any atom is -0.444 e. The number of amides is 1. The fourth-order valence-electron chi connectivity index (χ4n) is 1.61. The predicted octanol–water partition coefficient (Wildman–Crippen LogP) is 2.37. The normalized spacial score (nSPS) is 26.1. The van der Waals surface area contributed by atoms with Gasteiger partial charge in [-0.25, -0.2) is 13.6 Å². The highest BCUT2D eigenvalue weighted by molar-refractivity contribution is 5.68. The second-order valence-electron chi connectivity index (χ2n) is 6.24. The van der Waals surface area contributed by atoms with Crippen LogP contribution in [0.25, 0.3) is 0 Å². The Morgan fingerprint density at radius 2 is 1.89 bits per heavy atom. The first-order valence-electron chi connectivity index (χ1n) is 6.04. The standard InChI is InChI=1S/C12H22F2N2O2/c1-8(2)16(9(17)18-10(3,4)5)7-11(15)6-12(11,13)14/h8H,6-7,15H2,1-5H3. The molecule has 4 nitrogen and oxygen atoms in total. The summed E-state index contributed by atoms with van der Waals surface area (Å²) in [6.07, 6.45) is -0.989. The van der Waals surface area contributed by atoms with Gasteiger partial charge in [-0.3, -0.25) is 0 Å². The van der Waals surface area contributed by atoms with Crippen molar-refractivity contribution in [3.8, 4) is 0 Å². The fourth-order valence-corrected chi connectivity index (χ4v) is 1.61. The summed E-state index contributed by atoms with van der Waals surface area (Å²) in [6.45, 7) is 8.49. The molecule has 1 atom stereocenters.